The molecule has 2 unspecified atom stereocenters. The molecular weight excluding hydrogens is 218 g/mol. The van der Waals surface area contributed by atoms with Crippen LogP contribution < -0.4 is 4.74 Å². The van der Waals surface area contributed by atoms with E-state index in [1.165, 1.54) is 12.2 Å². The number of hydrogen-bond acceptors (Lipinski definition) is 3. The van der Waals surface area contributed by atoms with E-state index >= 15 is 0 Å². The smallest absolute Gasteiger partial charge is 0.280 e. The molecule has 4 heteroatoms. The number of benzene rings is 1. The minimum atomic E-state index is -0.189. The maximum absolute atomic E-state index is 12.1. The molecule has 1 amide bonds. The molecule has 0 saturated heterocycles. The molecule has 0 saturated carbocycles. The van der Waals surface area contributed by atoms with Crippen molar-refractivity contribution in [3.8, 4) is 5.75 Å². The van der Waals surface area contributed by atoms with E-state index in [4.69, 9.17) is 9.57 Å². The van der Waals surface area contributed by atoms with E-state index in [1.807, 2.05) is 19.1 Å². The zero-order valence-electron chi connectivity index (χ0n) is 10.6. The fourth-order valence-corrected chi connectivity index (χ4v) is 2.01. The molecule has 0 bridgehead atoms. The summed E-state index contributed by atoms with van der Waals surface area (Å²) in [5.41, 5.74) is 1.65. The molecule has 1 aromatic carbocycles. The van der Waals surface area contributed by atoms with Gasteiger partial charge in [-0.2, -0.15) is 0 Å². The molecule has 1 aromatic rings. The molecule has 0 spiro atoms. The van der Waals surface area contributed by atoms with Gasteiger partial charge in [-0.1, -0.05) is 19.1 Å². The first-order valence-electron chi connectivity index (χ1n) is 5.68. The number of carbonyl (C=O) groups is 1. The number of fused-ring (bicyclic) bond motifs is 1. The van der Waals surface area contributed by atoms with E-state index in [1.54, 1.807) is 13.1 Å². The Bertz CT molecular complexity index is 444. The number of amides is 1. The van der Waals surface area contributed by atoms with Crippen molar-refractivity contribution in [3.05, 3.63) is 29.3 Å². The lowest BCUT2D eigenvalue weighted by Crippen LogP contribution is -2.25. The lowest BCUT2D eigenvalue weighted by molar-refractivity contribution is -0.0758. The summed E-state index contributed by atoms with van der Waals surface area (Å²) in [6, 6.07) is 5.65. The van der Waals surface area contributed by atoms with Gasteiger partial charge in [0.15, 0.2) is 0 Å². The molecule has 0 aromatic heterocycles. The van der Waals surface area contributed by atoms with Crippen LogP contribution in [0.15, 0.2) is 18.2 Å². The minimum absolute atomic E-state index is 0.104. The lowest BCUT2D eigenvalue weighted by atomic mass is 9.97. The van der Waals surface area contributed by atoms with E-state index in [9.17, 15) is 4.79 Å². The predicted molar refractivity (Wildman–Crippen MR) is 64.0 cm³/mol. The highest BCUT2D eigenvalue weighted by atomic mass is 16.7. The van der Waals surface area contributed by atoms with E-state index in [0.717, 1.165) is 5.56 Å². The standard InChI is InChI=1S/C13H17NO3/c1-8-9(2)17-12-10(8)6-5-7-11(12)13(15)14(3)16-4/h5-9H,1-4H3. The van der Waals surface area contributed by atoms with Crippen LogP contribution in [0.1, 0.15) is 35.7 Å². The quantitative estimate of drug-likeness (QED) is 0.738. The molecule has 1 aliphatic rings. The van der Waals surface area contributed by atoms with Gasteiger partial charge < -0.3 is 4.74 Å². The molecule has 0 N–H and O–H groups in total. The van der Waals surface area contributed by atoms with Crippen LogP contribution in [0.4, 0.5) is 0 Å². The summed E-state index contributed by atoms with van der Waals surface area (Å²) in [5.74, 6) is 0.817. The van der Waals surface area contributed by atoms with Gasteiger partial charge in [0.1, 0.15) is 11.9 Å². The van der Waals surface area contributed by atoms with E-state index < -0.39 is 0 Å². The molecule has 2 atom stereocenters. The second-order valence-electron chi connectivity index (χ2n) is 4.32. The second-order valence-corrected chi connectivity index (χ2v) is 4.32. The normalized spacial score (nSPS) is 21.9. The molecule has 0 radical (unpaired) electrons. The highest BCUT2D eigenvalue weighted by Crippen LogP contribution is 2.40. The Balaban J connectivity index is 2.42. The molecule has 17 heavy (non-hydrogen) atoms. The number of carbonyl (C=O) groups excluding carboxylic acids is 1. The number of hydroxylamine groups is 2. The Morgan fingerprint density at radius 3 is 2.76 bits per heavy atom. The summed E-state index contributed by atoms with van der Waals surface area (Å²) in [7, 11) is 3.05. The molecule has 1 heterocycles. The van der Waals surface area contributed by atoms with Gasteiger partial charge in [-0.25, -0.2) is 5.06 Å². The van der Waals surface area contributed by atoms with Gasteiger partial charge in [-0.3, -0.25) is 9.63 Å². The van der Waals surface area contributed by atoms with Crippen molar-refractivity contribution in [1.82, 2.24) is 5.06 Å². The Hall–Kier alpha value is -1.55. The largest absolute Gasteiger partial charge is 0.489 e. The molecule has 2 rings (SSSR count). The highest BCUT2D eigenvalue weighted by molar-refractivity contribution is 5.96. The van der Waals surface area contributed by atoms with Crippen LogP contribution in [-0.2, 0) is 4.84 Å². The Morgan fingerprint density at radius 1 is 1.41 bits per heavy atom. The Kier molecular flexibility index (Phi) is 3.07. The van der Waals surface area contributed by atoms with Crippen molar-refractivity contribution in [3.63, 3.8) is 0 Å². The highest BCUT2D eigenvalue weighted by Gasteiger charge is 2.31. The first-order chi connectivity index (χ1) is 8.06. The minimum Gasteiger partial charge on any atom is -0.489 e. The van der Waals surface area contributed by atoms with E-state index in [-0.39, 0.29) is 12.0 Å². The van der Waals surface area contributed by atoms with Crippen molar-refractivity contribution in [2.24, 2.45) is 0 Å². The van der Waals surface area contributed by atoms with Gasteiger partial charge >= 0.3 is 0 Å². The van der Waals surface area contributed by atoms with E-state index in [0.29, 0.717) is 17.2 Å². The third-order valence-electron chi connectivity index (χ3n) is 3.33. The van der Waals surface area contributed by atoms with E-state index in [2.05, 4.69) is 6.92 Å². The van der Waals surface area contributed by atoms with Crippen LogP contribution in [0.2, 0.25) is 0 Å². The number of ether oxygens (including phenoxy) is 1. The maximum Gasteiger partial charge on any atom is 0.280 e. The zero-order valence-corrected chi connectivity index (χ0v) is 10.6. The Labute approximate surface area is 101 Å². The third kappa shape index (κ3) is 1.89. The molecule has 4 nitrogen and oxygen atoms in total. The maximum atomic E-state index is 12.1. The van der Waals surface area contributed by atoms with Gasteiger partial charge in [-0.05, 0) is 13.0 Å². The summed E-state index contributed by atoms with van der Waals surface area (Å²) in [6.45, 7) is 4.11. The van der Waals surface area contributed by atoms with Crippen LogP contribution in [0.25, 0.3) is 0 Å². The van der Waals surface area contributed by atoms with Crippen molar-refractivity contribution >= 4 is 5.91 Å². The summed E-state index contributed by atoms with van der Waals surface area (Å²) in [5, 5.41) is 1.20. The zero-order chi connectivity index (χ0) is 12.6. The van der Waals surface area contributed by atoms with Gasteiger partial charge in [0.2, 0.25) is 0 Å². The Morgan fingerprint density at radius 2 is 2.12 bits per heavy atom. The molecular formula is C13H17NO3. The van der Waals surface area contributed by atoms with Crippen LogP contribution in [0, 0.1) is 0 Å². The molecule has 0 aliphatic carbocycles. The molecule has 1 aliphatic heterocycles. The van der Waals surface area contributed by atoms with Crippen molar-refractivity contribution in [2.45, 2.75) is 25.9 Å². The number of nitrogens with zero attached hydrogens (tertiary/aromatic N) is 1. The summed E-state index contributed by atoms with van der Waals surface area (Å²) in [4.78, 5) is 17.0. The summed E-state index contributed by atoms with van der Waals surface area (Å²) >= 11 is 0. The topological polar surface area (TPSA) is 38.8 Å². The van der Waals surface area contributed by atoms with Crippen molar-refractivity contribution < 1.29 is 14.4 Å². The third-order valence-corrected chi connectivity index (χ3v) is 3.33. The molecule has 92 valence electrons. The number of rotatable bonds is 2. The fourth-order valence-electron chi connectivity index (χ4n) is 2.01. The van der Waals surface area contributed by atoms with Crippen LogP contribution in [0.3, 0.4) is 0 Å². The summed E-state index contributed by atoms with van der Waals surface area (Å²) in [6.07, 6.45) is 0.104. The first-order valence-corrected chi connectivity index (χ1v) is 5.68. The average molecular weight is 235 g/mol. The number of para-hydroxylation sites is 1. The van der Waals surface area contributed by atoms with Crippen LogP contribution in [-0.4, -0.2) is 31.2 Å². The van der Waals surface area contributed by atoms with Crippen LogP contribution in [0.5, 0.6) is 5.75 Å². The van der Waals surface area contributed by atoms with Crippen molar-refractivity contribution in [2.75, 3.05) is 14.2 Å². The monoisotopic (exact) mass is 235 g/mol. The average Bonchev–Trinajstić information content (AvgIpc) is 2.63. The predicted octanol–water partition coefficient (Wildman–Crippen LogP) is 2.20. The SMILES string of the molecule is CON(C)C(=O)c1cccc2c1OC(C)C2C. The first kappa shape index (κ1) is 11.9. The van der Waals surface area contributed by atoms with Gasteiger partial charge in [0.05, 0.1) is 12.7 Å². The van der Waals surface area contributed by atoms with Gasteiger partial charge in [-0.15, -0.1) is 0 Å². The number of hydrogen-bond donors (Lipinski definition) is 0. The fraction of sp³-hybridized carbons (Fsp3) is 0.462. The van der Waals surface area contributed by atoms with Gasteiger partial charge in [0, 0.05) is 18.5 Å². The molecule has 0 fully saturated rings. The summed E-state index contributed by atoms with van der Waals surface area (Å²) < 4.78 is 5.76. The lowest BCUT2D eigenvalue weighted by Gasteiger charge is -2.15. The second kappa shape index (κ2) is 4.37. The van der Waals surface area contributed by atoms with Crippen molar-refractivity contribution in [1.29, 1.82) is 0 Å². The van der Waals surface area contributed by atoms with Gasteiger partial charge in [0.25, 0.3) is 5.91 Å². The van der Waals surface area contributed by atoms with Crippen LogP contribution >= 0.6 is 0 Å².